The maximum absolute atomic E-state index is 14.5. The molecule has 0 unspecified atom stereocenters. The lowest BCUT2D eigenvalue weighted by atomic mass is 10.1. The van der Waals surface area contributed by atoms with Gasteiger partial charge in [-0.1, -0.05) is 6.07 Å². The van der Waals surface area contributed by atoms with Gasteiger partial charge < -0.3 is 19.7 Å². The summed E-state index contributed by atoms with van der Waals surface area (Å²) in [6, 6.07) is 9.73. The number of halogens is 1. The van der Waals surface area contributed by atoms with Crippen molar-refractivity contribution in [3.05, 3.63) is 64.4 Å². The SMILES string of the molecule is COc1cc(C(=O)Nc2c(F)cccc2N2CCCC2)ccc1OCc1cscn1. The molecule has 6 nitrogen and oxygen atoms in total. The lowest BCUT2D eigenvalue weighted by molar-refractivity contribution is 0.102. The summed E-state index contributed by atoms with van der Waals surface area (Å²) < 4.78 is 25.7. The van der Waals surface area contributed by atoms with Gasteiger partial charge in [0.2, 0.25) is 0 Å². The third kappa shape index (κ3) is 4.38. The molecule has 1 aliphatic heterocycles. The zero-order valence-electron chi connectivity index (χ0n) is 16.6. The first-order valence-corrected chi connectivity index (χ1v) is 10.6. The number of carbonyl (C=O) groups excluding carboxylic acids is 1. The van der Waals surface area contributed by atoms with Crippen LogP contribution in [-0.2, 0) is 6.61 Å². The molecule has 0 saturated carbocycles. The number of methoxy groups -OCH3 is 1. The Morgan fingerprint density at radius 3 is 2.80 bits per heavy atom. The minimum absolute atomic E-state index is 0.201. The van der Waals surface area contributed by atoms with Gasteiger partial charge in [0, 0.05) is 24.0 Å². The number of nitrogens with zero attached hydrogens (tertiary/aromatic N) is 2. The summed E-state index contributed by atoms with van der Waals surface area (Å²) in [5.41, 5.74) is 3.81. The fourth-order valence-electron chi connectivity index (χ4n) is 3.43. The topological polar surface area (TPSA) is 63.7 Å². The molecule has 1 N–H and O–H groups in total. The summed E-state index contributed by atoms with van der Waals surface area (Å²) in [7, 11) is 1.51. The Morgan fingerprint density at radius 1 is 1.23 bits per heavy atom. The molecule has 30 heavy (non-hydrogen) atoms. The van der Waals surface area contributed by atoms with Crippen LogP contribution in [0.4, 0.5) is 15.8 Å². The molecule has 2 heterocycles. The van der Waals surface area contributed by atoms with Crippen molar-refractivity contribution in [3.63, 3.8) is 0 Å². The van der Waals surface area contributed by atoms with Crippen LogP contribution in [0.1, 0.15) is 28.9 Å². The van der Waals surface area contributed by atoms with Gasteiger partial charge in [-0.05, 0) is 43.2 Å². The molecule has 0 radical (unpaired) electrons. The molecular formula is C22H22FN3O3S. The van der Waals surface area contributed by atoms with E-state index >= 15 is 0 Å². The van der Waals surface area contributed by atoms with E-state index in [0.717, 1.165) is 31.6 Å². The van der Waals surface area contributed by atoms with Crippen molar-refractivity contribution in [2.45, 2.75) is 19.4 Å². The van der Waals surface area contributed by atoms with Crippen molar-refractivity contribution in [2.75, 3.05) is 30.4 Å². The van der Waals surface area contributed by atoms with Crippen LogP contribution in [0.15, 0.2) is 47.3 Å². The van der Waals surface area contributed by atoms with Gasteiger partial charge >= 0.3 is 0 Å². The van der Waals surface area contributed by atoms with Gasteiger partial charge in [0.1, 0.15) is 18.1 Å². The fraction of sp³-hybridized carbons (Fsp3) is 0.273. The molecule has 3 aromatic rings. The van der Waals surface area contributed by atoms with Crippen molar-refractivity contribution >= 4 is 28.6 Å². The maximum atomic E-state index is 14.5. The number of anilines is 2. The molecule has 4 rings (SSSR count). The standard InChI is InChI=1S/C22H22FN3O3S/c1-28-20-11-15(7-8-19(20)29-12-16-13-30-14-24-16)22(27)25-21-17(23)5-4-6-18(21)26-9-2-3-10-26/h4-8,11,13-14H,2-3,9-10,12H2,1H3,(H,25,27). The summed E-state index contributed by atoms with van der Waals surface area (Å²) in [5.74, 6) is 0.0599. The van der Waals surface area contributed by atoms with E-state index in [1.807, 2.05) is 11.4 Å². The number of para-hydroxylation sites is 1. The zero-order valence-corrected chi connectivity index (χ0v) is 17.4. The van der Waals surface area contributed by atoms with E-state index in [0.29, 0.717) is 29.4 Å². The third-order valence-corrected chi connectivity index (χ3v) is 5.60. The molecule has 0 bridgehead atoms. The third-order valence-electron chi connectivity index (χ3n) is 4.96. The average Bonchev–Trinajstić information content (AvgIpc) is 3.47. The van der Waals surface area contributed by atoms with Gasteiger partial charge in [0.15, 0.2) is 11.5 Å². The molecule has 1 saturated heterocycles. The fourth-order valence-corrected chi connectivity index (χ4v) is 3.98. The quantitative estimate of drug-likeness (QED) is 0.591. The van der Waals surface area contributed by atoms with Crippen molar-refractivity contribution in [3.8, 4) is 11.5 Å². The Labute approximate surface area is 178 Å². The molecule has 8 heteroatoms. The summed E-state index contributed by atoms with van der Waals surface area (Å²) >= 11 is 1.49. The van der Waals surface area contributed by atoms with Crippen molar-refractivity contribution in [1.29, 1.82) is 0 Å². The van der Waals surface area contributed by atoms with Gasteiger partial charge in [-0.15, -0.1) is 11.3 Å². The number of benzene rings is 2. The Kier molecular flexibility index (Phi) is 6.13. The Hall–Kier alpha value is -3.13. The number of ether oxygens (including phenoxy) is 2. The highest BCUT2D eigenvalue weighted by molar-refractivity contribution is 7.07. The lowest BCUT2D eigenvalue weighted by Gasteiger charge is -2.22. The number of nitrogens with one attached hydrogen (secondary N) is 1. The van der Waals surface area contributed by atoms with Crippen LogP contribution in [0.5, 0.6) is 11.5 Å². The van der Waals surface area contributed by atoms with Crippen LogP contribution >= 0.6 is 11.3 Å². The number of amides is 1. The highest BCUT2D eigenvalue weighted by Gasteiger charge is 2.21. The molecule has 0 spiro atoms. The number of hydrogen-bond acceptors (Lipinski definition) is 6. The highest BCUT2D eigenvalue weighted by Crippen LogP contribution is 2.33. The lowest BCUT2D eigenvalue weighted by Crippen LogP contribution is -2.22. The van der Waals surface area contributed by atoms with E-state index in [2.05, 4.69) is 15.2 Å². The summed E-state index contributed by atoms with van der Waals surface area (Å²) in [4.78, 5) is 19.1. The smallest absolute Gasteiger partial charge is 0.255 e. The Morgan fingerprint density at radius 2 is 2.07 bits per heavy atom. The first kappa shape index (κ1) is 20.2. The van der Waals surface area contributed by atoms with Crippen molar-refractivity contribution < 1.29 is 18.7 Å². The Balaban J connectivity index is 1.52. The van der Waals surface area contributed by atoms with Gasteiger partial charge in [-0.25, -0.2) is 9.37 Å². The summed E-state index contributed by atoms with van der Waals surface area (Å²) in [6.45, 7) is 2.01. The first-order valence-electron chi connectivity index (χ1n) is 9.68. The van der Waals surface area contributed by atoms with E-state index in [1.54, 1.807) is 29.8 Å². The highest BCUT2D eigenvalue weighted by atomic mass is 32.1. The number of thiazole rings is 1. The molecule has 2 aromatic carbocycles. The molecule has 0 atom stereocenters. The van der Waals surface area contributed by atoms with E-state index in [-0.39, 0.29) is 5.69 Å². The van der Waals surface area contributed by atoms with Crippen LogP contribution in [-0.4, -0.2) is 31.1 Å². The maximum Gasteiger partial charge on any atom is 0.255 e. The summed E-state index contributed by atoms with van der Waals surface area (Å²) in [5, 5.41) is 4.64. The predicted octanol–water partition coefficient (Wildman–Crippen LogP) is 4.72. The second-order valence-electron chi connectivity index (χ2n) is 6.92. The van der Waals surface area contributed by atoms with Gasteiger partial charge in [-0.2, -0.15) is 0 Å². The average molecular weight is 428 g/mol. The predicted molar refractivity (Wildman–Crippen MR) is 115 cm³/mol. The second kappa shape index (κ2) is 9.13. The second-order valence-corrected chi connectivity index (χ2v) is 7.64. The molecule has 1 aromatic heterocycles. The van der Waals surface area contributed by atoms with Crippen LogP contribution in [0, 0.1) is 5.82 Å². The number of aromatic nitrogens is 1. The molecule has 1 fully saturated rings. The van der Waals surface area contributed by atoms with E-state index in [4.69, 9.17) is 9.47 Å². The van der Waals surface area contributed by atoms with Gasteiger partial charge in [0.25, 0.3) is 5.91 Å². The number of rotatable bonds is 7. The van der Waals surface area contributed by atoms with Crippen LogP contribution in [0.3, 0.4) is 0 Å². The molecule has 0 aliphatic carbocycles. The number of carbonyl (C=O) groups is 1. The van der Waals surface area contributed by atoms with E-state index in [1.165, 1.54) is 24.5 Å². The zero-order chi connectivity index (χ0) is 20.9. The minimum Gasteiger partial charge on any atom is -0.493 e. The normalized spacial score (nSPS) is 13.3. The molecule has 1 amide bonds. The minimum atomic E-state index is -0.456. The largest absolute Gasteiger partial charge is 0.493 e. The van der Waals surface area contributed by atoms with Crippen LogP contribution in [0.2, 0.25) is 0 Å². The molecule has 1 aliphatic rings. The molecular weight excluding hydrogens is 405 g/mol. The van der Waals surface area contributed by atoms with Crippen LogP contribution in [0.25, 0.3) is 0 Å². The van der Waals surface area contributed by atoms with Gasteiger partial charge in [0.05, 0.1) is 24.0 Å². The Bertz CT molecular complexity index is 1020. The molecule has 156 valence electrons. The van der Waals surface area contributed by atoms with Crippen LogP contribution < -0.4 is 19.7 Å². The van der Waals surface area contributed by atoms with E-state index < -0.39 is 11.7 Å². The summed E-state index contributed by atoms with van der Waals surface area (Å²) in [6.07, 6.45) is 2.12. The van der Waals surface area contributed by atoms with E-state index in [9.17, 15) is 9.18 Å². The first-order chi connectivity index (χ1) is 14.7. The van der Waals surface area contributed by atoms with Gasteiger partial charge in [-0.3, -0.25) is 4.79 Å². The monoisotopic (exact) mass is 427 g/mol. The van der Waals surface area contributed by atoms with Crippen molar-refractivity contribution in [2.24, 2.45) is 0 Å². The van der Waals surface area contributed by atoms with Crippen molar-refractivity contribution in [1.82, 2.24) is 4.98 Å². The number of hydrogen-bond donors (Lipinski definition) is 1.